The van der Waals surface area contributed by atoms with Crippen LogP contribution in [0, 0.1) is 0 Å². The smallest absolute Gasteiger partial charge is 0.237 e. The van der Waals surface area contributed by atoms with Crippen LogP contribution < -0.4 is 11.1 Å². The lowest BCUT2D eigenvalue weighted by molar-refractivity contribution is -0.124. The molecule has 0 saturated heterocycles. The number of nitrogens with one attached hydrogen (secondary N) is 1. The zero-order chi connectivity index (χ0) is 15.1. The molecule has 0 aliphatic carbocycles. The molecule has 114 valence electrons. The average molecular weight is 272 g/mol. The number of amides is 1. The Kier molecular flexibility index (Phi) is 8.22. The predicted octanol–water partition coefficient (Wildman–Crippen LogP) is 0.502. The van der Waals surface area contributed by atoms with Gasteiger partial charge in [-0.05, 0) is 54.4 Å². The van der Waals surface area contributed by atoms with Crippen LogP contribution in [-0.2, 0) is 4.79 Å². The molecule has 1 amide bonds. The molecule has 0 aliphatic heterocycles. The van der Waals surface area contributed by atoms with E-state index in [9.17, 15) is 4.79 Å². The van der Waals surface area contributed by atoms with Gasteiger partial charge in [0, 0.05) is 19.1 Å². The van der Waals surface area contributed by atoms with Gasteiger partial charge >= 0.3 is 0 Å². The summed E-state index contributed by atoms with van der Waals surface area (Å²) in [6.45, 7) is 9.32. The fourth-order valence-electron chi connectivity index (χ4n) is 2.21. The Morgan fingerprint density at radius 3 is 2.26 bits per heavy atom. The van der Waals surface area contributed by atoms with E-state index in [0.717, 1.165) is 32.5 Å². The lowest BCUT2D eigenvalue weighted by Gasteiger charge is -2.35. The Labute approximate surface area is 118 Å². The summed E-state index contributed by atoms with van der Waals surface area (Å²) in [5.74, 6) is -0.286. The van der Waals surface area contributed by atoms with Crippen LogP contribution in [0.15, 0.2) is 0 Å². The minimum atomic E-state index is -0.635. The summed E-state index contributed by atoms with van der Waals surface area (Å²) in [6.07, 6.45) is 1.84. The van der Waals surface area contributed by atoms with Crippen molar-refractivity contribution >= 4 is 5.91 Å². The molecule has 2 atom stereocenters. The van der Waals surface area contributed by atoms with Gasteiger partial charge in [-0.3, -0.25) is 9.69 Å². The molecule has 19 heavy (non-hydrogen) atoms. The molecule has 0 saturated carbocycles. The van der Waals surface area contributed by atoms with E-state index in [0.29, 0.717) is 6.04 Å². The second kappa shape index (κ2) is 8.51. The third-order valence-electron chi connectivity index (χ3n) is 3.77. The molecule has 2 unspecified atom stereocenters. The normalized spacial score (nSPS) is 16.6. The van der Waals surface area contributed by atoms with E-state index in [1.807, 2.05) is 6.92 Å². The molecule has 0 aliphatic rings. The van der Waals surface area contributed by atoms with Crippen LogP contribution in [0.3, 0.4) is 0 Å². The maximum atomic E-state index is 11.6. The number of nitrogens with two attached hydrogens (primary N) is 1. The molecule has 0 aromatic heterocycles. The lowest BCUT2D eigenvalue weighted by atomic mass is 9.92. The highest BCUT2D eigenvalue weighted by atomic mass is 16.1. The monoisotopic (exact) mass is 272 g/mol. The van der Waals surface area contributed by atoms with Gasteiger partial charge in [0.05, 0.1) is 5.54 Å². The van der Waals surface area contributed by atoms with Gasteiger partial charge in [0.25, 0.3) is 0 Å². The molecule has 5 nitrogen and oxygen atoms in total. The van der Waals surface area contributed by atoms with Gasteiger partial charge in [0.15, 0.2) is 0 Å². The van der Waals surface area contributed by atoms with E-state index < -0.39 is 5.54 Å². The first-order valence-corrected chi connectivity index (χ1v) is 7.14. The highest BCUT2D eigenvalue weighted by molar-refractivity contribution is 5.84. The number of hydrogen-bond acceptors (Lipinski definition) is 4. The van der Waals surface area contributed by atoms with E-state index in [-0.39, 0.29) is 5.91 Å². The number of rotatable bonds is 10. The van der Waals surface area contributed by atoms with E-state index in [4.69, 9.17) is 5.73 Å². The third-order valence-corrected chi connectivity index (χ3v) is 3.77. The van der Waals surface area contributed by atoms with Gasteiger partial charge in [-0.15, -0.1) is 0 Å². The summed E-state index contributed by atoms with van der Waals surface area (Å²) in [5, 5.41) is 3.06. The van der Waals surface area contributed by atoms with Crippen molar-refractivity contribution in [1.29, 1.82) is 0 Å². The molecule has 0 bridgehead atoms. The summed E-state index contributed by atoms with van der Waals surface area (Å²) >= 11 is 0. The van der Waals surface area contributed by atoms with Crippen molar-refractivity contribution in [2.24, 2.45) is 5.73 Å². The first-order valence-electron chi connectivity index (χ1n) is 7.14. The Hall–Kier alpha value is -0.650. The second-order valence-electron chi connectivity index (χ2n) is 5.84. The molecule has 0 heterocycles. The van der Waals surface area contributed by atoms with Crippen molar-refractivity contribution < 1.29 is 4.79 Å². The standard InChI is InChI=1S/C14H32N4O/c1-7-8-18(10-9-17(5)6)12(2)11-14(3,16-4)13(15)19/h12,16H,7-11H2,1-6H3,(H2,15,19). The van der Waals surface area contributed by atoms with Gasteiger partial charge < -0.3 is 16.0 Å². The molecular formula is C14H32N4O. The summed E-state index contributed by atoms with van der Waals surface area (Å²) in [7, 11) is 5.95. The van der Waals surface area contributed by atoms with E-state index in [2.05, 4.69) is 43.1 Å². The van der Waals surface area contributed by atoms with Crippen LogP contribution in [-0.4, -0.2) is 68.1 Å². The fraction of sp³-hybridized carbons (Fsp3) is 0.929. The number of hydrogen-bond donors (Lipinski definition) is 2. The number of primary amides is 1. The summed E-state index contributed by atoms with van der Waals surface area (Å²) in [6, 6.07) is 0.324. The van der Waals surface area contributed by atoms with Gasteiger partial charge in [-0.25, -0.2) is 0 Å². The Bertz CT molecular complexity index is 270. The topological polar surface area (TPSA) is 61.6 Å². The first-order chi connectivity index (χ1) is 8.76. The number of likely N-dealkylation sites (N-methyl/N-ethyl adjacent to an activating group) is 2. The number of carbonyl (C=O) groups is 1. The van der Waals surface area contributed by atoms with Crippen molar-refractivity contribution in [3.63, 3.8) is 0 Å². The van der Waals surface area contributed by atoms with Crippen molar-refractivity contribution in [3.8, 4) is 0 Å². The minimum Gasteiger partial charge on any atom is -0.368 e. The van der Waals surface area contributed by atoms with Crippen LogP contribution in [0.1, 0.15) is 33.6 Å². The molecule has 5 heteroatoms. The molecular weight excluding hydrogens is 240 g/mol. The molecule has 0 radical (unpaired) electrons. The maximum Gasteiger partial charge on any atom is 0.237 e. The molecule has 3 N–H and O–H groups in total. The van der Waals surface area contributed by atoms with Crippen LogP contribution in [0.2, 0.25) is 0 Å². The molecule has 0 fully saturated rings. The highest BCUT2D eigenvalue weighted by Gasteiger charge is 2.32. The van der Waals surface area contributed by atoms with Crippen molar-refractivity contribution in [3.05, 3.63) is 0 Å². The lowest BCUT2D eigenvalue weighted by Crippen LogP contribution is -2.55. The predicted molar refractivity (Wildman–Crippen MR) is 81.2 cm³/mol. The van der Waals surface area contributed by atoms with Gasteiger partial charge in [0.1, 0.15) is 0 Å². The quantitative estimate of drug-likeness (QED) is 0.608. The van der Waals surface area contributed by atoms with E-state index in [1.165, 1.54) is 0 Å². The Morgan fingerprint density at radius 1 is 1.32 bits per heavy atom. The zero-order valence-corrected chi connectivity index (χ0v) is 13.5. The van der Waals surface area contributed by atoms with Crippen LogP contribution >= 0.6 is 0 Å². The van der Waals surface area contributed by atoms with E-state index in [1.54, 1.807) is 7.05 Å². The fourth-order valence-corrected chi connectivity index (χ4v) is 2.21. The Morgan fingerprint density at radius 2 is 1.89 bits per heavy atom. The maximum absolute atomic E-state index is 11.6. The molecule has 0 aromatic carbocycles. The Balaban J connectivity index is 4.61. The summed E-state index contributed by atoms with van der Waals surface area (Å²) in [4.78, 5) is 16.2. The number of carbonyl (C=O) groups excluding carboxylic acids is 1. The average Bonchev–Trinajstić information content (AvgIpc) is 2.33. The van der Waals surface area contributed by atoms with Gasteiger partial charge in [0.2, 0.25) is 5.91 Å². The van der Waals surface area contributed by atoms with Crippen LogP contribution in [0.5, 0.6) is 0 Å². The minimum absolute atomic E-state index is 0.286. The van der Waals surface area contributed by atoms with Crippen LogP contribution in [0.25, 0.3) is 0 Å². The third kappa shape index (κ3) is 6.36. The van der Waals surface area contributed by atoms with E-state index >= 15 is 0 Å². The second-order valence-corrected chi connectivity index (χ2v) is 5.84. The molecule has 0 aromatic rings. The van der Waals surface area contributed by atoms with Crippen molar-refractivity contribution in [1.82, 2.24) is 15.1 Å². The largest absolute Gasteiger partial charge is 0.368 e. The zero-order valence-electron chi connectivity index (χ0n) is 13.5. The van der Waals surface area contributed by atoms with Gasteiger partial charge in [-0.1, -0.05) is 6.92 Å². The summed E-state index contributed by atoms with van der Waals surface area (Å²) < 4.78 is 0. The SMILES string of the molecule is CCCN(CCN(C)C)C(C)CC(C)(NC)C(N)=O. The highest BCUT2D eigenvalue weighted by Crippen LogP contribution is 2.16. The van der Waals surface area contributed by atoms with Gasteiger partial charge in [-0.2, -0.15) is 0 Å². The molecule has 0 spiro atoms. The van der Waals surface area contributed by atoms with Crippen molar-refractivity contribution in [2.45, 2.75) is 45.2 Å². The summed E-state index contributed by atoms with van der Waals surface area (Å²) in [5.41, 5.74) is 4.86. The first kappa shape index (κ1) is 18.4. The molecule has 0 rings (SSSR count). The van der Waals surface area contributed by atoms with Crippen molar-refractivity contribution in [2.75, 3.05) is 40.8 Å². The number of nitrogens with zero attached hydrogens (tertiary/aromatic N) is 2. The van der Waals surface area contributed by atoms with Crippen LogP contribution in [0.4, 0.5) is 0 Å².